The molecule has 0 aliphatic carbocycles. The molecule has 1 aromatic carbocycles. The van der Waals surface area contributed by atoms with Crippen molar-refractivity contribution in [3.8, 4) is 0 Å². The molecule has 0 bridgehead atoms. The number of hydrogen-bond acceptors (Lipinski definition) is 4. The number of rotatable bonds is 4. The summed E-state index contributed by atoms with van der Waals surface area (Å²) in [6, 6.07) is 9.98. The zero-order valence-electron chi connectivity index (χ0n) is 9.56. The van der Waals surface area contributed by atoms with E-state index in [-0.39, 0.29) is 6.04 Å². The van der Waals surface area contributed by atoms with Crippen LogP contribution >= 0.6 is 0 Å². The van der Waals surface area contributed by atoms with E-state index >= 15 is 0 Å². The van der Waals surface area contributed by atoms with Gasteiger partial charge in [0, 0.05) is 6.42 Å². The Morgan fingerprint density at radius 1 is 1.41 bits per heavy atom. The SMILES string of the molecule is CC(CC(c1ccccc1)n1cncn1)=NO. The Morgan fingerprint density at radius 2 is 2.18 bits per heavy atom. The third-order valence-electron chi connectivity index (χ3n) is 2.60. The average Bonchev–Trinajstić information content (AvgIpc) is 2.90. The van der Waals surface area contributed by atoms with Gasteiger partial charge < -0.3 is 5.21 Å². The van der Waals surface area contributed by atoms with Crippen molar-refractivity contribution in [3.05, 3.63) is 48.5 Å². The Balaban J connectivity index is 2.31. The fraction of sp³-hybridized carbons (Fsp3) is 0.250. The van der Waals surface area contributed by atoms with Gasteiger partial charge in [-0.15, -0.1) is 0 Å². The maximum atomic E-state index is 8.77. The van der Waals surface area contributed by atoms with Crippen molar-refractivity contribution >= 4 is 5.71 Å². The molecule has 0 aliphatic heterocycles. The second-order valence-electron chi connectivity index (χ2n) is 3.84. The number of oxime groups is 1. The Morgan fingerprint density at radius 3 is 2.76 bits per heavy atom. The largest absolute Gasteiger partial charge is 0.411 e. The Hall–Kier alpha value is -2.17. The number of aromatic nitrogens is 3. The van der Waals surface area contributed by atoms with Gasteiger partial charge in [0.1, 0.15) is 12.7 Å². The minimum Gasteiger partial charge on any atom is -0.411 e. The van der Waals surface area contributed by atoms with Crippen molar-refractivity contribution in [2.45, 2.75) is 19.4 Å². The monoisotopic (exact) mass is 230 g/mol. The van der Waals surface area contributed by atoms with Crippen LogP contribution in [0.5, 0.6) is 0 Å². The van der Waals surface area contributed by atoms with E-state index in [2.05, 4.69) is 15.2 Å². The highest BCUT2D eigenvalue weighted by molar-refractivity contribution is 5.82. The quantitative estimate of drug-likeness (QED) is 0.497. The Labute approximate surface area is 99.4 Å². The number of benzene rings is 1. The van der Waals surface area contributed by atoms with Crippen LogP contribution in [0.15, 0.2) is 48.1 Å². The molecule has 0 spiro atoms. The third kappa shape index (κ3) is 2.69. The summed E-state index contributed by atoms with van der Waals surface area (Å²) in [5.74, 6) is 0. The predicted molar refractivity (Wildman–Crippen MR) is 64.1 cm³/mol. The molecule has 1 heterocycles. The average molecular weight is 230 g/mol. The molecule has 5 heteroatoms. The maximum absolute atomic E-state index is 8.77. The lowest BCUT2D eigenvalue weighted by atomic mass is 10.0. The van der Waals surface area contributed by atoms with E-state index in [1.54, 1.807) is 17.9 Å². The first kappa shape index (κ1) is 11.3. The summed E-state index contributed by atoms with van der Waals surface area (Å²) in [5.41, 5.74) is 1.77. The van der Waals surface area contributed by atoms with Gasteiger partial charge in [-0.25, -0.2) is 9.67 Å². The summed E-state index contributed by atoms with van der Waals surface area (Å²) in [6.45, 7) is 1.78. The van der Waals surface area contributed by atoms with Crippen LogP contribution < -0.4 is 0 Å². The van der Waals surface area contributed by atoms with Crippen molar-refractivity contribution in [2.75, 3.05) is 0 Å². The third-order valence-corrected chi connectivity index (χ3v) is 2.60. The van der Waals surface area contributed by atoms with Gasteiger partial charge in [0.2, 0.25) is 0 Å². The molecule has 0 aliphatic rings. The molecule has 2 rings (SSSR count). The summed E-state index contributed by atoms with van der Waals surface area (Å²) >= 11 is 0. The molecule has 88 valence electrons. The van der Waals surface area contributed by atoms with Crippen LogP contribution in [0.3, 0.4) is 0 Å². The molecule has 0 saturated heterocycles. The minimum absolute atomic E-state index is 0.00889. The first-order valence-corrected chi connectivity index (χ1v) is 5.38. The van der Waals surface area contributed by atoms with E-state index in [1.165, 1.54) is 6.33 Å². The van der Waals surface area contributed by atoms with Crippen LogP contribution in [0, 0.1) is 0 Å². The topological polar surface area (TPSA) is 63.3 Å². The summed E-state index contributed by atoms with van der Waals surface area (Å²) < 4.78 is 1.77. The summed E-state index contributed by atoms with van der Waals surface area (Å²) in [4.78, 5) is 3.95. The highest BCUT2D eigenvalue weighted by atomic mass is 16.4. The lowest BCUT2D eigenvalue weighted by Crippen LogP contribution is -2.14. The van der Waals surface area contributed by atoms with Crippen molar-refractivity contribution < 1.29 is 5.21 Å². The minimum atomic E-state index is 0.00889. The van der Waals surface area contributed by atoms with Crippen molar-refractivity contribution in [2.24, 2.45) is 5.16 Å². The van der Waals surface area contributed by atoms with E-state index in [9.17, 15) is 0 Å². The molecular weight excluding hydrogens is 216 g/mol. The molecule has 0 radical (unpaired) electrons. The highest BCUT2D eigenvalue weighted by Gasteiger charge is 2.15. The molecule has 5 nitrogen and oxygen atoms in total. The van der Waals surface area contributed by atoms with Gasteiger partial charge in [0.15, 0.2) is 0 Å². The number of hydrogen-bond donors (Lipinski definition) is 1. The molecule has 17 heavy (non-hydrogen) atoms. The number of nitrogens with zero attached hydrogens (tertiary/aromatic N) is 4. The van der Waals surface area contributed by atoms with Crippen LogP contribution in [-0.4, -0.2) is 25.7 Å². The van der Waals surface area contributed by atoms with Crippen molar-refractivity contribution in [1.29, 1.82) is 0 Å². The molecule has 0 amide bonds. The van der Waals surface area contributed by atoms with Crippen LogP contribution in [0.4, 0.5) is 0 Å². The molecule has 0 fully saturated rings. The Kier molecular flexibility index (Phi) is 3.49. The molecule has 1 atom stereocenters. The van der Waals surface area contributed by atoms with Gasteiger partial charge >= 0.3 is 0 Å². The van der Waals surface area contributed by atoms with Gasteiger partial charge in [0.25, 0.3) is 0 Å². The normalized spacial score (nSPS) is 13.6. The van der Waals surface area contributed by atoms with E-state index in [0.717, 1.165) is 5.56 Å². The van der Waals surface area contributed by atoms with Gasteiger partial charge in [-0.3, -0.25) is 0 Å². The van der Waals surface area contributed by atoms with Crippen LogP contribution in [-0.2, 0) is 0 Å². The zero-order chi connectivity index (χ0) is 12.1. The molecule has 2 aromatic rings. The smallest absolute Gasteiger partial charge is 0.137 e. The first-order valence-electron chi connectivity index (χ1n) is 5.38. The molecular formula is C12H14N4O. The lowest BCUT2D eigenvalue weighted by Gasteiger charge is -2.16. The first-order chi connectivity index (χ1) is 8.31. The Bertz CT molecular complexity index is 478. The predicted octanol–water partition coefficient (Wildman–Crippen LogP) is 2.11. The highest BCUT2D eigenvalue weighted by Crippen LogP contribution is 2.21. The summed E-state index contributed by atoms with van der Waals surface area (Å²) in [7, 11) is 0. The fourth-order valence-corrected chi connectivity index (χ4v) is 1.74. The molecule has 0 saturated carbocycles. The van der Waals surface area contributed by atoms with Gasteiger partial charge in [-0.2, -0.15) is 5.10 Å². The summed E-state index contributed by atoms with van der Waals surface area (Å²) in [6.07, 6.45) is 3.77. The van der Waals surface area contributed by atoms with E-state index < -0.39 is 0 Å². The fourth-order valence-electron chi connectivity index (χ4n) is 1.74. The van der Waals surface area contributed by atoms with Gasteiger partial charge in [0.05, 0.1) is 11.8 Å². The van der Waals surface area contributed by atoms with Crippen molar-refractivity contribution in [3.63, 3.8) is 0 Å². The molecule has 1 aromatic heterocycles. The van der Waals surface area contributed by atoms with Crippen molar-refractivity contribution in [1.82, 2.24) is 14.8 Å². The van der Waals surface area contributed by atoms with Crippen LogP contribution in [0.1, 0.15) is 24.9 Å². The van der Waals surface area contributed by atoms with Crippen LogP contribution in [0.25, 0.3) is 0 Å². The standard InChI is InChI=1S/C12H14N4O/c1-10(15-17)7-12(16-9-13-8-14-16)11-5-3-2-4-6-11/h2-6,8-9,12,17H,7H2,1H3. The van der Waals surface area contributed by atoms with E-state index in [0.29, 0.717) is 12.1 Å². The lowest BCUT2D eigenvalue weighted by molar-refractivity contribution is 0.316. The van der Waals surface area contributed by atoms with Gasteiger partial charge in [-0.05, 0) is 12.5 Å². The molecule has 1 unspecified atom stereocenters. The zero-order valence-corrected chi connectivity index (χ0v) is 9.56. The van der Waals surface area contributed by atoms with Gasteiger partial charge in [-0.1, -0.05) is 35.5 Å². The maximum Gasteiger partial charge on any atom is 0.137 e. The second-order valence-corrected chi connectivity index (χ2v) is 3.84. The summed E-state index contributed by atoms with van der Waals surface area (Å²) in [5, 5.41) is 16.1. The van der Waals surface area contributed by atoms with E-state index in [4.69, 9.17) is 5.21 Å². The van der Waals surface area contributed by atoms with E-state index in [1.807, 2.05) is 30.3 Å². The molecule has 1 N–H and O–H groups in total. The van der Waals surface area contributed by atoms with Crippen LogP contribution in [0.2, 0.25) is 0 Å². The second kappa shape index (κ2) is 5.25.